The molecule has 2 rings (SSSR count). The molecular formula is C12H19NO6S2. The Morgan fingerprint density at radius 1 is 1.00 bits per heavy atom. The standard InChI is InChI=1S/C11H15NO3S.CH4O3S/c1-16(14,15)11-7-9-3-5-12-4-2-8(9)6-10(11)13;1-5(2,3)4/h6-7,12-13H,2-5H2,1H3;1H3,(H,2,3,4). The highest BCUT2D eigenvalue weighted by atomic mass is 32.2. The third-order valence-electron chi connectivity index (χ3n) is 2.82. The Balaban J connectivity index is 0.000000383. The summed E-state index contributed by atoms with van der Waals surface area (Å²) in [6.45, 7) is 1.71. The van der Waals surface area contributed by atoms with Crippen molar-refractivity contribution in [1.82, 2.24) is 5.32 Å². The van der Waals surface area contributed by atoms with Gasteiger partial charge in [0.25, 0.3) is 10.1 Å². The quantitative estimate of drug-likeness (QED) is 0.616. The maximum absolute atomic E-state index is 11.4. The Bertz CT molecular complexity index is 702. The van der Waals surface area contributed by atoms with E-state index in [0.29, 0.717) is 6.26 Å². The van der Waals surface area contributed by atoms with Crippen LogP contribution in [0.2, 0.25) is 0 Å². The monoisotopic (exact) mass is 337 g/mol. The topological polar surface area (TPSA) is 121 Å². The molecule has 0 spiro atoms. The molecule has 1 aliphatic heterocycles. The molecule has 3 N–H and O–H groups in total. The molecule has 0 aliphatic carbocycles. The normalized spacial score (nSPS) is 15.4. The first-order valence-corrected chi connectivity index (χ1v) is 9.90. The number of fused-ring (bicyclic) bond motifs is 1. The van der Waals surface area contributed by atoms with Crippen LogP contribution in [0.3, 0.4) is 0 Å². The van der Waals surface area contributed by atoms with Gasteiger partial charge in [-0.1, -0.05) is 0 Å². The average molecular weight is 337 g/mol. The van der Waals surface area contributed by atoms with Gasteiger partial charge >= 0.3 is 0 Å². The molecule has 1 heterocycles. The van der Waals surface area contributed by atoms with Crippen molar-refractivity contribution in [3.05, 3.63) is 23.3 Å². The van der Waals surface area contributed by atoms with E-state index < -0.39 is 20.0 Å². The van der Waals surface area contributed by atoms with E-state index in [1.807, 2.05) is 0 Å². The van der Waals surface area contributed by atoms with Crippen molar-refractivity contribution in [2.75, 3.05) is 25.6 Å². The molecule has 0 saturated heterocycles. The fourth-order valence-corrected chi connectivity index (χ4v) is 2.78. The predicted molar refractivity (Wildman–Crippen MR) is 79.0 cm³/mol. The van der Waals surface area contributed by atoms with Crippen LogP contribution in [0.1, 0.15) is 11.1 Å². The summed E-state index contributed by atoms with van der Waals surface area (Å²) in [5.74, 6) is -0.136. The van der Waals surface area contributed by atoms with E-state index in [9.17, 15) is 21.9 Å². The molecule has 0 saturated carbocycles. The molecule has 1 aromatic carbocycles. The minimum absolute atomic E-state index is 0.0353. The van der Waals surface area contributed by atoms with Gasteiger partial charge in [0.1, 0.15) is 10.6 Å². The number of phenolic OH excluding ortho intramolecular Hbond substituents is 1. The van der Waals surface area contributed by atoms with E-state index in [2.05, 4.69) is 5.32 Å². The Kier molecular flexibility index (Phi) is 5.74. The lowest BCUT2D eigenvalue weighted by atomic mass is 10.0. The summed E-state index contributed by atoms with van der Waals surface area (Å²) in [6, 6.07) is 3.19. The maximum atomic E-state index is 11.4. The van der Waals surface area contributed by atoms with Crippen molar-refractivity contribution in [2.45, 2.75) is 17.7 Å². The summed E-state index contributed by atoms with van der Waals surface area (Å²) in [5, 5.41) is 12.9. The van der Waals surface area contributed by atoms with E-state index >= 15 is 0 Å². The third kappa shape index (κ3) is 6.42. The number of hydrogen-bond donors (Lipinski definition) is 3. The van der Waals surface area contributed by atoms with Crippen LogP contribution >= 0.6 is 0 Å². The van der Waals surface area contributed by atoms with Crippen LogP contribution in [0.4, 0.5) is 0 Å². The first kappa shape index (κ1) is 17.9. The lowest BCUT2D eigenvalue weighted by molar-refractivity contribution is 0.458. The van der Waals surface area contributed by atoms with E-state index in [1.165, 1.54) is 0 Å². The van der Waals surface area contributed by atoms with E-state index in [1.54, 1.807) is 12.1 Å². The van der Waals surface area contributed by atoms with Crippen LogP contribution in [0, 0.1) is 0 Å². The summed E-state index contributed by atoms with van der Waals surface area (Å²) in [6.07, 6.45) is 3.46. The molecule has 120 valence electrons. The molecule has 0 unspecified atom stereocenters. The van der Waals surface area contributed by atoms with Gasteiger partial charge < -0.3 is 10.4 Å². The zero-order valence-corrected chi connectivity index (χ0v) is 13.5. The van der Waals surface area contributed by atoms with Gasteiger partial charge in [-0.15, -0.1) is 0 Å². The van der Waals surface area contributed by atoms with Crippen molar-refractivity contribution in [3.8, 4) is 5.75 Å². The van der Waals surface area contributed by atoms with Gasteiger partial charge in [0.15, 0.2) is 9.84 Å². The van der Waals surface area contributed by atoms with Crippen LogP contribution in [0.25, 0.3) is 0 Å². The largest absolute Gasteiger partial charge is 0.507 e. The summed E-state index contributed by atoms with van der Waals surface area (Å²) >= 11 is 0. The number of hydrogen-bond acceptors (Lipinski definition) is 6. The van der Waals surface area contributed by atoms with Crippen LogP contribution in [0.15, 0.2) is 17.0 Å². The van der Waals surface area contributed by atoms with Gasteiger partial charge in [-0.25, -0.2) is 8.42 Å². The zero-order chi connectivity index (χ0) is 16.3. The maximum Gasteiger partial charge on any atom is 0.261 e. The number of phenols is 1. The van der Waals surface area contributed by atoms with Gasteiger partial charge in [-0.2, -0.15) is 8.42 Å². The van der Waals surface area contributed by atoms with Crippen molar-refractivity contribution in [2.24, 2.45) is 0 Å². The highest BCUT2D eigenvalue weighted by Crippen LogP contribution is 2.28. The summed E-state index contributed by atoms with van der Waals surface area (Å²) in [4.78, 5) is 0.0353. The van der Waals surface area contributed by atoms with E-state index in [0.717, 1.165) is 43.3 Å². The zero-order valence-electron chi connectivity index (χ0n) is 11.8. The summed E-state index contributed by atoms with van der Waals surface area (Å²) < 4.78 is 48.8. The Morgan fingerprint density at radius 3 is 1.86 bits per heavy atom. The first-order chi connectivity index (χ1) is 9.48. The lowest BCUT2D eigenvalue weighted by Crippen LogP contribution is -2.16. The highest BCUT2D eigenvalue weighted by molar-refractivity contribution is 7.90. The summed E-state index contributed by atoms with van der Waals surface area (Å²) in [5.41, 5.74) is 2.05. The van der Waals surface area contributed by atoms with Crippen LogP contribution < -0.4 is 5.32 Å². The minimum Gasteiger partial charge on any atom is -0.507 e. The van der Waals surface area contributed by atoms with E-state index in [4.69, 9.17) is 4.55 Å². The molecule has 9 heteroatoms. The van der Waals surface area contributed by atoms with Gasteiger partial charge in [-0.3, -0.25) is 4.55 Å². The molecule has 0 radical (unpaired) electrons. The van der Waals surface area contributed by atoms with E-state index in [-0.39, 0.29) is 10.6 Å². The Morgan fingerprint density at radius 2 is 1.43 bits per heavy atom. The van der Waals surface area contributed by atoms with Crippen LogP contribution in [-0.2, 0) is 32.8 Å². The molecule has 0 aromatic heterocycles. The molecule has 21 heavy (non-hydrogen) atoms. The molecule has 1 aromatic rings. The molecule has 0 bridgehead atoms. The van der Waals surface area contributed by atoms with Crippen LogP contribution in [0.5, 0.6) is 5.75 Å². The van der Waals surface area contributed by atoms with Crippen molar-refractivity contribution >= 4 is 20.0 Å². The lowest BCUT2D eigenvalue weighted by Gasteiger charge is -2.09. The molecule has 0 fully saturated rings. The van der Waals surface area contributed by atoms with Gasteiger partial charge in [0, 0.05) is 6.26 Å². The molecule has 1 aliphatic rings. The number of sulfone groups is 1. The van der Waals surface area contributed by atoms with Gasteiger partial charge in [0.05, 0.1) is 6.26 Å². The third-order valence-corrected chi connectivity index (χ3v) is 3.95. The van der Waals surface area contributed by atoms with Crippen molar-refractivity contribution < 1.29 is 26.5 Å². The fraction of sp³-hybridized carbons (Fsp3) is 0.500. The summed E-state index contributed by atoms with van der Waals surface area (Å²) in [7, 11) is -7.02. The second kappa shape index (κ2) is 6.73. The van der Waals surface area contributed by atoms with Crippen molar-refractivity contribution in [1.29, 1.82) is 0 Å². The Labute approximate surface area is 124 Å². The second-order valence-electron chi connectivity index (χ2n) is 4.84. The number of aromatic hydroxyl groups is 1. The molecular weight excluding hydrogens is 318 g/mol. The fourth-order valence-electron chi connectivity index (χ4n) is 1.99. The number of rotatable bonds is 1. The van der Waals surface area contributed by atoms with Gasteiger partial charge in [-0.05, 0) is 49.2 Å². The number of nitrogens with one attached hydrogen (secondary N) is 1. The van der Waals surface area contributed by atoms with Crippen molar-refractivity contribution in [3.63, 3.8) is 0 Å². The smallest absolute Gasteiger partial charge is 0.261 e. The molecule has 7 nitrogen and oxygen atoms in total. The molecule has 0 atom stereocenters. The first-order valence-electron chi connectivity index (χ1n) is 6.16. The average Bonchev–Trinajstić information content (AvgIpc) is 2.48. The SMILES string of the molecule is CS(=O)(=O)O.CS(=O)(=O)c1cc2c(cc1O)CCNCC2. The van der Waals surface area contributed by atoms with Crippen LogP contribution in [-0.4, -0.2) is 52.1 Å². The second-order valence-corrected chi connectivity index (χ2v) is 8.29. The predicted octanol–water partition coefficient (Wildman–Crippen LogP) is -0.0121. The number of benzene rings is 1. The minimum atomic E-state index is -3.67. The molecule has 0 amide bonds. The highest BCUT2D eigenvalue weighted by Gasteiger charge is 2.17. The Hall–Kier alpha value is -1.16. The van der Waals surface area contributed by atoms with Gasteiger partial charge in [0.2, 0.25) is 0 Å².